The largest absolute Gasteiger partial charge is 0.333 e. The zero-order valence-corrected chi connectivity index (χ0v) is 18.8. The number of nitrogens with zero attached hydrogens (tertiary/aromatic N) is 4. The standard InChI is InChI=1S/C23H30N4O2S/c1-4-26-17-20(22-6-5-10-24-23(22)26)9-11-25-12-14-27(15-13-25)30(28,29)21-8-7-18(2)19(3)16-21/h5-8,10,16-17H,4,9,11-15H2,1-3H3. The molecule has 1 aromatic carbocycles. The van der Waals surface area contributed by atoms with E-state index < -0.39 is 10.0 Å². The molecular formula is C23H30N4O2S. The van der Waals surface area contributed by atoms with Gasteiger partial charge in [0.2, 0.25) is 10.0 Å². The Balaban J connectivity index is 1.39. The summed E-state index contributed by atoms with van der Waals surface area (Å²) in [6.07, 6.45) is 4.99. The minimum atomic E-state index is -3.43. The fraction of sp³-hybridized carbons (Fsp3) is 0.435. The molecule has 1 aliphatic rings. The van der Waals surface area contributed by atoms with Crippen LogP contribution in [0.3, 0.4) is 0 Å². The molecule has 1 saturated heterocycles. The molecule has 1 fully saturated rings. The molecule has 0 spiro atoms. The minimum Gasteiger partial charge on any atom is -0.333 e. The number of aryl methyl sites for hydroxylation is 3. The van der Waals surface area contributed by atoms with Gasteiger partial charge in [0, 0.05) is 57.0 Å². The predicted octanol–water partition coefficient (Wildman–Crippen LogP) is 3.22. The van der Waals surface area contributed by atoms with Crippen molar-refractivity contribution < 1.29 is 8.42 Å². The summed E-state index contributed by atoms with van der Waals surface area (Å²) in [6, 6.07) is 9.52. The topological polar surface area (TPSA) is 58.4 Å². The van der Waals surface area contributed by atoms with E-state index in [1.807, 2.05) is 32.2 Å². The lowest BCUT2D eigenvalue weighted by molar-refractivity contribution is 0.190. The molecule has 0 radical (unpaired) electrons. The quantitative estimate of drug-likeness (QED) is 0.607. The number of sulfonamides is 1. The normalized spacial score (nSPS) is 16.4. The highest BCUT2D eigenvalue weighted by molar-refractivity contribution is 7.89. The van der Waals surface area contributed by atoms with Gasteiger partial charge in [-0.2, -0.15) is 4.31 Å². The number of hydrogen-bond acceptors (Lipinski definition) is 4. The molecule has 0 amide bonds. The van der Waals surface area contributed by atoms with Gasteiger partial charge in [0.05, 0.1) is 4.90 Å². The molecule has 7 heteroatoms. The third-order valence-electron chi connectivity index (χ3n) is 6.20. The molecule has 0 unspecified atom stereocenters. The Morgan fingerprint density at radius 1 is 1.03 bits per heavy atom. The van der Waals surface area contributed by atoms with Crippen molar-refractivity contribution in [3.63, 3.8) is 0 Å². The molecule has 6 nitrogen and oxygen atoms in total. The van der Waals surface area contributed by atoms with Gasteiger partial charge in [-0.25, -0.2) is 13.4 Å². The summed E-state index contributed by atoms with van der Waals surface area (Å²) >= 11 is 0. The summed E-state index contributed by atoms with van der Waals surface area (Å²) in [5.41, 5.74) is 4.47. The van der Waals surface area contributed by atoms with E-state index in [1.54, 1.807) is 16.4 Å². The van der Waals surface area contributed by atoms with Gasteiger partial charge in [-0.15, -0.1) is 0 Å². The van der Waals surface area contributed by atoms with E-state index in [-0.39, 0.29) is 0 Å². The Bertz CT molecular complexity index is 1150. The van der Waals surface area contributed by atoms with Crippen LogP contribution in [0.15, 0.2) is 47.6 Å². The third-order valence-corrected chi connectivity index (χ3v) is 8.10. The Labute approximate surface area is 179 Å². The molecule has 4 rings (SSSR count). The number of rotatable bonds is 6. The van der Waals surface area contributed by atoms with Crippen molar-refractivity contribution in [2.45, 2.75) is 38.6 Å². The zero-order valence-electron chi connectivity index (χ0n) is 18.0. The Morgan fingerprint density at radius 2 is 1.80 bits per heavy atom. The average Bonchev–Trinajstić information content (AvgIpc) is 3.12. The van der Waals surface area contributed by atoms with Crippen LogP contribution >= 0.6 is 0 Å². The van der Waals surface area contributed by atoms with E-state index in [4.69, 9.17) is 0 Å². The van der Waals surface area contributed by atoms with Crippen molar-refractivity contribution >= 4 is 21.1 Å². The van der Waals surface area contributed by atoms with Crippen LogP contribution in [0.2, 0.25) is 0 Å². The SMILES string of the molecule is CCn1cc(CCN2CCN(S(=O)(=O)c3ccc(C)c(C)c3)CC2)c2cccnc21. The highest BCUT2D eigenvalue weighted by Crippen LogP contribution is 2.22. The maximum absolute atomic E-state index is 13.0. The van der Waals surface area contributed by atoms with Gasteiger partial charge in [-0.05, 0) is 68.1 Å². The summed E-state index contributed by atoms with van der Waals surface area (Å²) in [4.78, 5) is 7.28. The monoisotopic (exact) mass is 426 g/mol. The summed E-state index contributed by atoms with van der Waals surface area (Å²) in [5, 5.41) is 1.22. The highest BCUT2D eigenvalue weighted by Gasteiger charge is 2.28. The second-order valence-electron chi connectivity index (χ2n) is 8.06. The second kappa shape index (κ2) is 8.49. The molecule has 0 bridgehead atoms. The summed E-state index contributed by atoms with van der Waals surface area (Å²) in [7, 11) is -3.43. The second-order valence-corrected chi connectivity index (χ2v) is 9.99. The molecule has 2 aromatic heterocycles. The first-order valence-electron chi connectivity index (χ1n) is 10.6. The third kappa shape index (κ3) is 4.02. The van der Waals surface area contributed by atoms with Gasteiger partial charge in [-0.3, -0.25) is 0 Å². The van der Waals surface area contributed by atoms with Crippen LogP contribution in [0.5, 0.6) is 0 Å². The molecule has 3 heterocycles. The number of hydrogen-bond donors (Lipinski definition) is 0. The molecule has 30 heavy (non-hydrogen) atoms. The van der Waals surface area contributed by atoms with Gasteiger partial charge in [0.1, 0.15) is 5.65 Å². The molecular weight excluding hydrogens is 396 g/mol. The fourth-order valence-electron chi connectivity index (χ4n) is 4.13. The predicted molar refractivity (Wildman–Crippen MR) is 120 cm³/mol. The van der Waals surface area contributed by atoms with Gasteiger partial charge in [0.15, 0.2) is 0 Å². The van der Waals surface area contributed by atoms with Crippen molar-refractivity contribution in [2.24, 2.45) is 0 Å². The number of aromatic nitrogens is 2. The highest BCUT2D eigenvalue weighted by atomic mass is 32.2. The summed E-state index contributed by atoms with van der Waals surface area (Å²) < 4.78 is 29.9. The molecule has 160 valence electrons. The van der Waals surface area contributed by atoms with E-state index in [2.05, 4.69) is 33.6 Å². The van der Waals surface area contributed by atoms with E-state index >= 15 is 0 Å². The van der Waals surface area contributed by atoms with Crippen LogP contribution in [-0.2, 0) is 23.0 Å². The summed E-state index contributed by atoms with van der Waals surface area (Å²) in [5.74, 6) is 0. The van der Waals surface area contributed by atoms with Gasteiger partial charge in [0.25, 0.3) is 0 Å². The molecule has 0 atom stereocenters. The lowest BCUT2D eigenvalue weighted by atomic mass is 10.1. The Morgan fingerprint density at radius 3 is 2.50 bits per heavy atom. The van der Waals surface area contributed by atoms with E-state index in [1.165, 1.54) is 10.9 Å². The number of pyridine rings is 1. The number of fused-ring (bicyclic) bond motifs is 1. The van der Waals surface area contributed by atoms with Crippen molar-refractivity contribution in [1.29, 1.82) is 0 Å². The maximum Gasteiger partial charge on any atom is 0.243 e. The van der Waals surface area contributed by atoms with Crippen LogP contribution in [-0.4, -0.2) is 59.9 Å². The molecule has 0 saturated carbocycles. The number of benzene rings is 1. The smallest absolute Gasteiger partial charge is 0.243 e. The molecule has 0 N–H and O–H groups in total. The molecule has 1 aliphatic heterocycles. The fourth-order valence-corrected chi connectivity index (χ4v) is 5.64. The Hall–Kier alpha value is -2.22. The maximum atomic E-state index is 13.0. The molecule has 0 aliphatic carbocycles. The van der Waals surface area contributed by atoms with Crippen molar-refractivity contribution in [1.82, 2.24) is 18.8 Å². The zero-order chi connectivity index (χ0) is 21.3. The van der Waals surface area contributed by atoms with Crippen molar-refractivity contribution in [3.8, 4) is 0 Å². The van der Waals surface area contributed by atoms with Crippen molar-refractivity contribution in [3.05, 3.63) is 59.4 Å². The minimum absolute atomic E-state index is 0.402. The van der Waals surface area contributed by atoms with Crippen LogP contribution in [0.4, 0.5) is 0 Å². The Kier molecular flexibility index (Phi) is 5.95. The average molecular weight is 427 g/mol. The van der Waals surface area contributed by atoms with E-state index in [0.29, 0.717) is 18.0 Å². The first kappa shape index (κ1) is 21.0. The van der Waals surface area contributed by atoms with E-state index in [0.717, 1.165) is 49.4 Å². The van der Waals surface area contributed by atoms with E-state index in [9.17, 15) is 8.42 Å². The first-order chi connectivity index (χ1) is 14.4. The first-order valence-corrected chi connectivity index (χ1v) is 12.1. The van der Waals surface area contributed by atoms with Gasteiger partial charge in [-0.1, -0.05) is 6.07 Å². The lowest BCUT2D eigenvalue weighted by Gasteiger charge is -2.34. The van der Waals surface area contributed by atoms with Crippen LogP contribution in [0.1, 0.15) is 23.6 Å². The van der Waals surface area contributed by atoms with Gasteiger partial charge >= 0.3 is 0 Å². The van der Waals surface area contributed by atoms with Crippen molar-refractivity contribution in [2.75, 3.05) is 32.7 Å². The molecule has 3 aromatic rings. The van der Waals surface area contributed by atoms with Crippen LogP contribution < -0.4 is 0 Å². The lowest BCUT2D eigenvalue weighted by Crippen LogP contribution is -2.49. The number of piperazine rings is 1. The van der Waals surface area contributed by atoms with Gasteiger partial charge < -0.3 is 9.47 Å². The van der Waals surface area contributed by atoms with Crippen LogP contribution in [0.25, 0.3) is 11.0 Å². The summed E-state index contributed by atoms with van der Waals surface area (Å²) in [6.45, 7) is 10.5. The van der Waals surface area contributed by atoms with Crippen LogP contribution in [0, 0.1) is 13.8 Å².